The van der Waals surface area contributed by atoms with Crippen LogP contribution in [0.1, 0.15) is 33.3 Å². The molecule has 0 bridgehead atoms. The lowest BCUT2D eigenvalue weighted by Crippen LogP contribution is -2.31. The molecular weight excluding hydrogens is 564 g/mol. The monoisotopic (exact) mass is 584 g/mol. The van der Waals surface area contributed by atoms with Gasteiger partial charge in [0.25, 0.3) is 11.6 Å². The van der Waals surface area contributed by atoms with Crippen LogP contribution in [0.25, 0.3) is 11.0 Å². The summed E-state index contributed by atoms with van der Waals surface area (Å²) in [5.41, 5.74) is 2.45. The molecule has 0 saturated carbocycles. The van der Waals surface area contributed by atoms with Crippen LogP contribution in [0, 0.1) is 17.0 Å². The zero-order valence-electron chi connectivity index (χ0n) is 21.4. The van der Waals surface area contributed by atoms with Crippen molar-refractivity contribution >= 4 is 56.6 Å². The Morgan fingerprint density at radius 1 is 1.10 bits per heavy atom. The number of thioether (sulfide) groups is 1. The van der Waals surface area contributed by atoms with Crippen molar-refractivity contribution in [1.82, 2.24) is 10.2 Å². The fourth-order valence-corrected chi connectivity index (χ4v) is 6.40. The van der Waals surface area contributed by atoms with Crippen LogP contribution in [-0.4, -0.2) is 31.9 Å². The number of furan rings is 1. The number of ketones is 1. The molecule has 41 heavy (non-hydrogen) atoms. The van der Waals surface area contributed by atoms with Gasteiger partial charge in [-0.3, -0.25) is 24.6 Å². The summed E-state index contributed by atoms with van der Waals surface area (Å²) >= 11 is 2.55. The van der Waals surface area contributed by atoms with Gasteiger partial charge in [0.15, 0.2) is 15.9 Å². The van der Waals surface area contributed by atoms with Crippen molar-refractivity contribution in [3.63, 3.8) is 0 Å². The Labute approximate surface area is 241 Å². The molecule has 1 atom stereocenters. The van der Waals surface area contributed by atoms with Crippen molar-refractivity contribution < 1.29 is 24.0 Å². The van der Waals surface area contributed by atoms with Gasteiger partial charge in [-0.15, -0.1) is 10.2 Å². The van der Waals surface area contributed by atoms with E-state index in [1.54, 1.807) is 30.3 Å². The maximum absolute atomic E-state index is 13.8. The molecule has 1 aliphatic heterocycles. The number of rotatable bonds is 8. The number of hydrogen-bond donors (Lipinski definition) is 1. The van der Waals surface area contributed by atoms with Crippen molar-refractivity contribution in [2.45, 2.75) is 23.1 Å². The van der Waals surface area contributed by atoms with Crippen LogP contribution in [0.3, 0.4) is 0 Å². The Kier molecular flexibility index (Phi) is 6.85. The first-order chi connectivity index (χ1) is 19.8. The minimum Gasteiger partial charge on any atom is -0.503 e. The highest BCUT2D eigenvalue weighted by Crippen LogP contribution is 2.44. The van der Waals surface area contributed by atoms with E-state index in [1.807, 2.05) is 31.2 Å². The molecule has 5 aromatic rings. The smallest absolute Gasteiger partial charge is 0.296 e. The van der Waals surface area contributed by atoms with E-state index >= 15 is 0 Å². The third-order valence-electron chi connectivity index (χ3n) is 6.58. The van der Waals surface area contributed by atoms with E-state index in [1.165, 1.54) is 36.0 Å². The van der Waals surface area contributed by atoms with E-state index in [0.29, 0.717) is 21.1 Å². The first-order valence-corrected chi connectivity index (χ1v) is 14.2. The number of aliphatic hydroxyl groups is 1. The number of fused-ring (bicyclic) bond motifs is 1. The van der Waals surface area contributed by atoms with Gasteiger partial charge in [-0.05, 0) is 30.2 Å². The van der Waals surface area contributed by atoms with Crippen molar-refractivity contribution in [2.75, 3.05) is 4.90 Å². The number of aliphatic hydroxyl groups excluding tert-OH is 1. The first-order valence-electron chi connectivity index (χ1n) is 12.4. The van der Waals surface area contributed by atoms with Gasteiger partial charge in [-0.2, -0.15) is 0 Å². The standard InChI is InChI=1S/C29H20N4O6S2/c1-16-9-11-17(12-10-16)15-40-29-31-30-28(41-29)32-24(19-6-4-7-20(13-19)33(37)38)23(26(35)27(32)36)25(34)22-14-18-5-2-3-8-21(18)39-22/h2-14,24,35H,15H2,1H3. The van der Waals surface area contributed by atoms with Crippen LogP contribution in [0.2, 0.25) is 0 Å². The van der Waals surface area contributed by atoms with Crippen molar-refractivity contribution in [3.8, 4) is 0 Å². The minimum absolute atomic E-state index is 0.0792. The second kappa shape index (κ2) is 10.6. The summed E-state index contributed by atoms with van der Waals surface area (Å²) in [6.45, 7) is 2.01. The second-order valence-electron chi connectivity index (χ2n) is 9.29. The molecule has 0 aliphatic carbocycles. The summed E-state index contributed by atoms with van der Waals surface area (Å²) in [5.74, 6) is -1.83. The van der Waals surface area contributed by atoms with Gasteiger partial charge in [0.1, 0.15) is 5.58 Å². The number of nitro groups is 1. The van der Waals surface area contributed by atoms with Gasteiger partial charge in [-0.25, -0.2) is 0 Å². The molecule has 204 valence electrons. The van der Waals surface area contributed by atoms with Crippen LogP contribution in [0.4, 0.5) is 10.8 Å². The number of aromatic nitrogens is 2. The van der Waals surface area contributed by atoms with E-state index in [4.69, 9.17) is 4.42 Å². The van der Waals surface area contributed by atoms with Crippen LogP contribution >= 0.6 is 23.1 Å². The fourth-order valence-electron chi connectivity index (χ4n) is 4.57. The molecule has 0 radical (unpaired) electrons. The van der Waals surface area contributed by atoms with Crippen LogP contribution in [0.5, 0.6) is 0 Å². The normalized spacial score (nSPS) is 15.2. The molecule has 3 heterocycles. The maximum Gasteiger partial charge on any atom is 0.296 e. The number of aryl methyl sites for hydroxylation is 1. The summed E-state index contributed by atoms with van der Waals surface area (Å²) in [5, 5.41) is 31.8. The van der Waals surface area contributed by atoms with Crippen molar-refractivity contribution in [1.29, 1.82) is 0 Å². The van der Waals surface area contributed by atoms with E-state index < -0.39 is 28.4 Å². The number of carbonyl (C=O) groups is 2. The third kappa shape index (κ3) is 4.98. The number of benzene rings is 3. The lowest BCUT2D eigenvalue weighted by atomic mass is 9.95. The summed E-state index contributed by atoms with van der Waals surface area (Å²) in [6, 6.07) is 21.0. The number of hydrogen-bond acceptors (Lipinski definition) is 10. The Morgan fingerprint density at radius 2 is 1.88 bits per heavy atom. The Bertz CT molecular complexity index is 1830. The molecule has 10 nitrogen and oxygen atoms in total. The number of non-ortho nitro benzene ring substituents is 1. The molecule has 0 fully saturated rings. The van der Waals surface area contributed by atoms with E-state index in [0.717, 1.165) is 27.4 Å². The molecule has 1 amide bonds. The molecule has 1 unspecified atom stereocenters. The van der Waals surface area contributed by atoms with Crippen LogP contribution in [-0.2, 0) is 10.5 Å². The number of anilines is 1. The van der Waals surface area contributed by atoms with Gasteiger partial charge in [0, 0.05) is 23.3 Å². The first kappa shape index (κ1) is 26.4. The van der Waals surface area contributed by atoms with Gasteiger partial charge in [0.05, 0.1) is 16.5 Å². The summed E-state index contributed by atoms with van der Waals surface area (Å²) in [6.07, 6.45) is 0. The zero-order valence-corrected chi connectivity index (χ0v) is 23.0. The molecular formula is C29H20N4O6S2. The Morgan fingerprint density at radius 3 is 2.63 bits per heavy atom. The number of carbonyl (C=O) groups excluding carboxylic acids is 2. The molecule has 12 heteroatoms. The summed E-state index contributed by atoms with van der Waals surface area (Å²) < 4.78 is 6.31. The molecule has 6 rings (SSSR count). The average Bonchev–Trinajstić information content (AvgIpc) is 3.69. The van der Waals surface area contributed by atoms with Gasteiger partial charge < -0.3 is 9.52 Å². The lowest BCUT2D eigenvalue weighted by Gasteiger charge is -2.23. The van der Waals surface area contributed by atoms with Crippen LogP contribution < -0.4 is 4.90 Å². The molecule has 0 spiro atoms. The van der Waals surface area contributed by atoms with E-state index in [-0.39, 0.29) is 27.7 Å². The van der Waals surface area contributed by atoms with Gasteiger partial charge in [-0.1, -0.05) is 83.3 Å². The van der Waals surface area contributed by atoms with Crippen molar-refractivity contribution in [3.05, 3.63) is 123 Å². The quantitative estimate of drug-likeness (QED) is 0.0704. The highest BCUT2D eigenvalue weighted by molar-refractivity contribution is 8.00. The number of para-hydroxylation sites is 1. The number of nitro benzene ring substituents is 1. The SMILES string of the molecule is Cc1ccc(CSc2nnc(N3C(=O)C(O)=C(C(=O)c4cc5ccccc5o4)C3c3cccc([N+](=O)[O-])c3)s2)cc1. The molecule has 1 N–H and O–H groups in total. The van der Waals surface area contributed by atoms with Gasteiger partial charge in [0.2, 0.25) is 10.9 Å². The Balaban J connectivity index is 1.38. The predicted molar refractivity (Wildman–Crippen MR) is 154 cm³/mol. The summed E-state index contributed by atoms with van der Waals surface area (Å²) in [4.78, 5) is 39.4. The van der Waals surface area contributed by atoms with Crippen molar-refractivity contribution in [2.24, 2.45) is 0 Å². The highest BCUT2D eigenvalue weighted by Gasteiger charge is 2.47. The molecule has 1 aliphatic rings. The third-order valence-corrected chi connectivity index (χ3v) is 8.71. The fraction of sp³-hybridized carbons (Fsp3) is 0.103. The van der Waals surface area contributed by atoms with E-state index in [2.05, 4.69) is 10.2 Å². The largest absolute Gasteiger partial charge is 0.503 e. The Hall–Kier alpha value is -4.81. The lowest BCUT2D eigenvalue weighted by molar-refractivity contribution is -0.384. The van der Waals surface area contributed by atoms with Gasteiger partial charge >= 0.3 is 0 Å². The number of Topliss-reactive ketones (excluding diaryl/α,β-unsaturated/α-hetero) is 1. The second-order valence-corrected chi connectivity index (χ2v) is 11.5. The van der Waals surface area contributed by atoms with Crippen LogP contribution in [0.15, 0.2) is 99.0 Å². The summed E-state index contributed by atoms with van der Waals surface area (Å²) in [7, 11) is 0. The highest BCUT2D eigenvalue weighted by atomic mass is 32.2. The molecule has 2 aromatic heterocycles. The number of amides is 1. The zero-order chi connectivity index (χ0) is 28.7. The molecule has 3 aromatic carbocycles. The number of nitrogens with zero attached hydrogens (tertiary/aromatic N) is 4. The topological polar surface area (TPSA) is 140 Å². The van der Waals surface area contributed by atoms with E-state index in [9.17, 15) is 24.8 Å². The molecule has 0 saturated heterocycles. The maximum atomic E-state index is 13.8. The average molecular weight is 585 g/mol. The minimum atomic E-state index is -1.20. The predicted octanol–water partition coefficient (Wildman–Crippen LogP) is 6.58.